The summed E-state index contributed by atoms with van der Waals surface area (Å²) in [6, 6.07) is 1.71. The van der Waals surface area contributed by atoms with Gasteiger partial charge < -0.3 is 9.88 Å². The van der Waals surface area contributed by atoms with Gasteiger partial charge in [-0.3, -0.25) is 9.59 Å². The summed E-state index contributed by atoms with van der Waals surface area (Å²) in [4.78, 5) is 28.8. The maximum Gasteiger partial charge on any atom is 0.259 e. The predicted molar refractivity (Wildman–Crippen MR) is 70.6 cm³/mol. The Bertz CT molecular complexity index is 461. The minimum absolute atomic E-state index is 0.133. The minimum atomic E-state index is -0.201. The molecule has 4 nitrogen and oxygen atoms in total. The second-order valence-corrected chi connectivity index (χ2v) is 4.81. The van der Waals surface area contributed by atoms with Gasteiger partial charge in [0.15, 0.2) is 5.43 Å². The molecule has 1 heterocycles. The van der Waals surface area contributed by atoms with E-state index in [1.54, 1.807) is 6.20 Å². The largest absolute Gasteiger partial charge is 0.367 e. The topological polar surface area (TPSA) is 53.2 Å². The Balaban J connectivity index is 2.19. The first-order valence-corrected chi connectivity index (χ1v) is 6.72. The summed E-state index contributed by atoms with van der Waals surface area (Å²) in [6.45, 7) is 2.64. The number of hydrogen-bond donors (Lipinski definition) is 1. The fourth-order valence-electron chi connectivity index (χ4n) is 2.70. The third kappa shape index (κ3) is 2.63. The van der Waals surface area contributed by atoms with Crippen molar-refractivity contribution >= 4 is 5.91 Å². The van der Waals surface area contributed by atoms with Gasteiger partial charge in [-0.2, -0.15) is 0 Å². The van der Waals surface area contributed by atoms with Gasteiger partial charge >= 0.3 is 0 Å². The second kappa shape index (κ2) is 5.85. The first kappa shape index (κ1) is 12.9. The van der Waals surface area contributed by atoms with E-state index >= 15 is 0 Å². The molecule has 0 saturated heterocycles. The lowest BCUT2D eigenvalue weighted by atomic mass is 9.94. The Morgan fingerprint density at radius 1 is 1.39 bits per heavy atom. The smallest absolute Gasteiger partial charge is 0.259 e. The molecule has 0 unspecified atom stereocenters. The number of aromatic nitrogens is 1. The molecule has 98 valence electrons. The minimum Gasteiger partial charge on any atom is -0.367 e. The average Bonchev–Trinajstić information content (AvgIpc) is 2.41. The number of rotatable bonds is 3. The van der Waals surface area contributed by atoms with Crippen molar-refractivity contribution in [3.8, 4) is 0 Å². The number of pyridine rings is 1. The molecule has 1 saturated carbocycles. The maximum atomic E-state index is 12.4. The van der Waals surface area contributed by atoms with Crippen molar-refractivity contribution in [2.24, 2.45) is 0 Å². The fourth-order valence-corrected chi connectivity index (χ4v) is 2.70. The highest BCUT2D eigenvalue weighted by atomic mass is 16.2. The monoisotopic (exact) mass is 248 g/mol. The number of aromatic amines is 1. The van der Waals surface area contributed by atoms with Gasteiger partial charge in [-0.1, -0.05) is 19.3 Å². The predicted octanol–water partition coefficient (Wildman–Crippen LogP) is 2.17. The van der Waals surface area contributed by atoms with Crippen molar-refractivity contribution in [2.75, 3.05) is 6.54 Å². The zero-order chi connectivity index (χ0) is 13.0. The van der Waals surface area contributed by atoms with Crippen molar-refractivity contribution in [3.05, 3.63) is 34.2 Å². The lowest BCUT2D eigenvalue weighted by Crippen LogP contribution is -2.42. The van der Waals surface area contributed by atoms with E-state index < -0.39 is 0 Å². The van der Waals surface area contributed by atoms with Gasteiger partial charge in [0.25, 0.3) is 5.91 Å². The zero-order valence-corrected chi connectivity index (χ0v) is 10.8. The Labute approximate surface area is 107 Å². The number of H-pyrrole nitrogens is 1. The maximum absolute atomic E-state index is 12.4. The Hall–Kier alpha value is -1.58. The van der Waals surface area contributed by atoms with Crippen molar-refractivity contribution < 1.29 is 4.79 Å². The van der Waals surface area contributed by atoms with Crippen LogP contribution in [-0.2, 0) is 0 Å². The summed E-state index contributed by atoms with van der Waals surface area (Å²) in [5, 5.41) is 0. The van der Waals surface area contributed by atoms with Crippen molar-refractivity contribution in [3.63, 3.8) is 0 Å². The first-order valence-electron chi connectivity index (χ1n) is 6.72. The molecule has 0 bridgehead atoms. The molecular formula is C14H20N2O2. The highest BCUT2D eigenvalue weighted by Crippen LogP contribution is 2.23. The Morgan fingerprint density at radius 2 is 2.11 bits per heavy atom. The van der Waals surface area contributed by atoms with E-state index in [-0.39, 0.29) is 16.9 Å². The molecular weight excluding hydrogens is 228 g/mol. The molecule has 1 aliphatic carbocycles. The van der Waals surface area contributed by atoms with Crippen molar-refractivity contribution in [1.82, 2.24) is 9.88 Å². The van der Waals surface area contributed by atoms with Crippen LogP contribution in [0.1, 0.15) is 49.4 Å². The number of amides is 1. The van der Waals surface area contributed by atoms with Crippen LogP contribution in [0.3, 0.4) is 0 Å². The average molecular weight is 248 g/mol. The summed E-state index contributed by atoms with van der Waals surface area (Å²) in [7, 11) is 0. The van der Waals surface area contributed by atoms with Crippen LogP contribution in [0, 0.1) is 0 Å². The van der Waals surface area contributed by atoms with E-state index in [4.69, 9.17) is 0 Å². The molecule has 1 amide bonds. The standard InChI is InChI=1S/C14H20N2O2/c1-2-16(11-6-4-3-5-7-11)14(18)12-10-15-9-8-13(12)17/h8-11H,2-7H2,1H3,(H,15,17). The summed E-state index contributed by atoms with van der Waals surface area (Å²) in [5.74, 6) is -0.133. The van der Waals surface area contributed by atoms with Gasteiger partial charge in [-0.05, 0) is 19.8 Å². The van der Waals surface area contributed by atoms with E-state index in [0.717, 1.165) is 12.8 Å². The summed E-state index contributed by atoms with van der Waals surface area (Å²) in [5.41, 5.74) is 0.0536. The van der Waals surface area contributed by atoms with E-state index in [0.29, 0.717) is 12.6 Å². The Kier molecular flexibility index (Phi) is 4.18. The van der Waals surface area contributed by atoms with Gasteiger partial charge in [0.1, 0.15) is 5.56 Å². The number of carbonyl (C=O) groups excluding carboxylic acids is 1. The number of carbonyl (C=O) groups is 1. The summed E-state index contributed by atoms with van der Waals surface area (Å²) >= 11 is 0. The number of nitrogens with one attached hydrogen (secondary N) is 1. The van der Waals surface area contributed by atoms with Crippen LogP contribution in [0.2, 0.25) is 0 Å². The molecule has 1 fully saturated rings. The molecule has 1 aromatic rings. The summed E-state index contributed by atoms with van der Waals surface area (Å²) < 4.78 is 0. The van der Waals surface area contributed by atoms with E-state index in [2.05, 4.69) is 4.98 Å². The molecule has 18 heavy (non-hydrogen) atoms. The molecule has 1 aliphatic rings. The molecule has 1 aromatic heterocycles. The molecule has 0 spiro atoms. The fraction of sp³-hybridized carbons (Fsp3) is 0.571. The van der Waals surface area contributed by atoms with E-state index in [1.165, 1.54) is 31.5 Å². The molecule has 2 rings (SSSR count). The van der Waals surface area contributed by atoms with Gasteiger partial charge in [0.05, 0.1) is 0 Å². The van der Waals surface area contributed by atoms with Gasteiger partial charge in [-0.15, -0.1) is 0 Å². The Morgan fingerprint density at radius 3 is 2.72 bits per heavy atom. The van der Waals surface area contributed by atoms with Gasteiger partial charge in [0.2, 0.25) is 0 Å². The van der Waals surface area contributed by atoms with Crippen LogP contribution in [-0.4, -0.2) is 28.4 Å². The molecule has 1 N–H and O–H groups in total. The second-order valence-electron chi connectivity index (χ2n) is 4.81. The number of nitrogens with zero attached hydrogens (tertiary/aromatic N) is 1. The van der Waals surface area contributed by atoms with Crippen LogP contribution in [0.25, 0.3) is 0 Å². The normalized spacial score (nSPS) is 16.5. The van der Waals surface area contributed by atoms with Crippen LogP contribution in [0.4, 0.5) is 0 Å². The third-order valence-corrected chi connectivity index (χ3v) is 3.67. The van der Waals surface area contributed by atoms with Crippen molar-refractivity contribution in [2.45, 2.75) is 45.1 Å². The molecule has 0 aliphatic heterocycles. The van der Waals surface area contributed by atoms with E-state index in [9.17, 15) is 9.59 Å². The van der Waals surface area contributed by atoms with Crippen LogP contribution < -0.4 is 5.43 Å². The van der Waals surface area contributed by atoms with Crippen molar-refractivity contribution in [1.29, 1.82) is 0 Å². The van der Waals surface area contributed by atoms with E-state index in [1.807, 2.05) is 11.8 Å². The van der Waals surface area contributed by atoms with Crippen LogP contribution in [0.5, 0.6) is 0 Å². The summed E-state index contributed by atoms with van der Waals surface area (Å²) in [6.07, 6.45) is 8.80. The first-order chi connectivity index (χ1) is 8.74. The molecule has 4 heteroatoms. The molecule has 0 atom stereocenters. The van der Waals surface area contributed by atoms with Gasteiger partial charge in [-0.25, -0.2) is 0 Å². The van der Waals surface area contributed by atoms with Crippen LogP contribution >= 0.6 is 0 Å². The third-order valence-electron chi connectivity index (χ3n) is 3.67. The number of hydrogen-bond acceptors (Lipinski definition) is 2. The zero-order valence-electron chi connectivity index (χ0n) is 10.8. The lowest BCUT2D eigenvalue weighted by molar-refractivity contribution is 0.0646. The molecule has 0 radical (unpaired) electrons. The highest BCUT2D eigenvalue weighted by Gasteiger charge is 2.26. The SMILES string of the molecule is CCN(C(=O)c1c[nH]ccc1=O)C1CCCCC1. The van der Waals surface area contributed by atoms with Crippen LogP contribution in [0.15, 0.2) is 23.3 Å². The quantitative estimate of drug-likeness (QED) is 0.891. The van der Waals surface area contributed by atoms with Gasteiger partial charge in [0, 0.05) is 31.0 Å². The lowest BCUT2D eigenvalue weighted by Gasteiger charge is -2.33. The highest BCUT2D eigenvalue weighted by molar-refractivity contribution is 5.94. The molecule has 0 aromatic carbocycles.